The fraction of sp³-hybridized carbons (Fsp3) is 0.600. The van der Waals surface area contributed by atoms with Crippen molar-refractivity contribution in [1.29, 1.82) is 0 Å². The molecular weight excluding hydrogens is 499 g/mol. The van der Waals surface area contributed by atoms with Crippen LogP contribution in [0, 0.1) is 10.1 Å². The summed E-state index contributed by atoms with van der Waals surface area (Å²) in [6.45, 7) is 6.40. The Morgan fingerprint density at radius 3 is 2.63 bits per heavy atom. The van der Waals surface area contributed by atoms with Crippen LogP contribution < -0.4 is 16.0 Å². The molecule has 0 radical (unpaired) electrons. The zero-order valence-electron chi connectivity index (χ0n) is 17.6. The van der Waals surface area contributed by atoms with Crippen LogP contribution in [0.2, 0.25) is 0 Å². The summed E-state index contributed by atoms with van der Waals surface area (Å²) in [7, 11) is 0. The molecule has 1 aromatic carbocycles. The van der Waals surface area contributed by atoms with Gasteiger partial charge < -0.3 is 20.9 Å². The number of nitrogens with one attached hydrogen (secondary N) is 3. The summed E-state index contributed by atoms with van der Waals surface area (Å²) in [5.74, 6) is 1.02. The number of aliphatic imine (C=N–C) groups is 1. The van der Waals surface area contributed by atoms with Gasteiger partial charge in [-0.2, -0.15) is 0 Å². The Bertz CT molecular complexity index is 684. The second kappa shape index (κ2) is 14.8. The average Bonchev–Trinajstić information content (AvgIpc) is 2.92. The van der Waals surface area contributed by atoms with Gasteiger partial charge in [-0.25, -0.2) is 0 Å². The molecule has 1 saturated heterocycles. The van der Waals surface area contributed by atoms with E-state index in [9.17, 15) is 14.9 Å². The van der Waals surface area contributed by atoms with Crippen LogP contribution in [0.15, 0.2) is 29.3 Å². The minimum Gasteiger partial charge on any atom is -0.383 e. The first-order valence-corrected chi connectivity index (χ1v) is 10.4. The van der Waals surface area contributed by atoms with Gasteiger partial charge in [0.1, 0.15) is 0 Å². The molecule has 1 aliphatic heterocycles. The number of likely N-dealkylation sites (tertiary alicyclic amines) is 1. The highest BCUT2D eigenvalue weighted by molar-refractivity contribution is 14.0. The van der Waals surface area contributed by atoms with Crippen LogP contribution in [0.25, 0.3) is 0 Å². The third kappa shape index (κ3) is 9.59. The number of carbonyl (C=O) groups is 1. The Labute approximate surface area is 195 Å². The summed E-state index contributed by atoms with van der Waals surface area (Å²) in [4.78, 5) is 28.8. The van der Waals surface area contributed by atoms with Crippen LogP contribution >= 0.6 is 24.0 Å². The van der Waals surface area contributed by atoms with Gasteiger partial charge in [-0.15, -0.1) is 24.0 Å². The molecule has 1 aromatic rings. The van der Waals surface area contributed by atoms with Gasteiger partial charge in [0, 0.05) is 63.5 Å². The number of carbonyl (C=O) groups excluding carboxylic acids is 1. The highest BCUT2D eigenvalue weighted by Crippen LogP contribution is 2.15. The van der Waals surface area contributed by atoms with E-state index in [-0.39, 0.29) is 35.6 Å². The smallest absolute Gasteiger partial charge is 0.269 e. The molecule has 0 saturated carbocycles. The maximum Gasteiger partial charge on any atom is 0.269 e. The standard InChI is InChI=1S/C20H32N6O3.HI/c1-2-21-20(23-12-6-16-25-15-5-3-4-7-19(25)27)24-14-13-22-17-8-10-18(11-9-17)26(28)29;/h8-11,22H,2-7,12-16H2,1H3,(H2,21,23,24);1H. The molecule has 168 valence electrons. The molecular formula is C20H33IN6O3. The monoisotopic (exact) mass is 532 g/mol. The molecule has 1 heterocycles. The van der Waals surface area contributed by atoms with E-state index in [1.807, 2.05) is 11.8 Å². The Balaban J connectivity index is 0.00000450. The lowest BCUT2D eigenvalue weighted by molar-refractivity contribution is -0.384. The number of halogens is 1. The van der Waals surface area contributed by atoms with Crippen LogP contribution in [0.1, 0.15) is 39.0 Å². The van der Waals surface area contributed by atoms with E-state index >= 15 is 0 Å². The maximum absolute atomic E-state index is 12.0. The molecule has 10 heteroatoms. The average molecular weight is 532 g/mol. The summed E-state index contributed by atoms with van der Waals surface area (Å²) in [6.07, 6.45) is 4.78. The lowest BCUT2D eigenvalue weighted by Gasteiger charge is -2.20. The largest absolute Gasteiger partial charge is 0.383 e. The number of nitrogens with zero attached hydrogens (tertiary/aromatic N) is 3. The molecule has 0 aliphatic carbocycles. The molecule has 1 aliphatic rings. The topological polar surface area (TPSA) is 112 Å². The zero-order valence-corrected chi connectivity index (χ0v) is 19.9. The number of amides is 1. The van der Waals surface area contributed by atoms with Gasteiger partial charge in [0.05, 0.1) is 4.92 Å². The second-order valence-electron chi connectivity index (χ2n) is 6.96. The Hall–Kier alpha value is -2.11. The highest BCUT2D eigenvalue weighted by Gasteiger charge is 2.15. The van der Waals surface area contributed by atoms with Gasteiger partial charge >= 0.3 is 0 Å². The zero-order chi connectivity index (χ0) is 20.9. The van der Waals surface area contributed by atoms with Gasteiger partial charge in [-0.3, -0.25) is 19.9 Å². The van der Waals surface area contributed by atoms with Crippen LogP contribution in [-0.4, -0.2) is 61.0 Å². The Kier molecular flexibility index (Phi) is 12.8. The summed E-state index contributed by atoms with van der Waals surface area (Å²) in [5.41, 5.74) is 0.915. The molecule has 0 bridgehead atoms. The minimum absolute atomic E-state index is 0. The quantitative estimate of drug-likeness (QED) is 0.107. The minimum atomic E-state index is -0.409. The predicted octanol–water partition coefficient (Wildman–Crippen LogP) is 2.97. The van der Waals surface area contributed by atoms with Crippen LogP contribution in [0.5, 0.6) is 0 Å². The van der Waals surface area contributed by atoms with Gasteiger partial charge in [0.2, 0.25) is 5.91 Å². The van der Waals surface area contributed by atoms with E-state index in [1.54, 1.807) is 12.1 Å². The first-order chi connectivity index (χ1) is 14.1. The third-order valence-corrected chi connectivity index (χ3v) is 4.70. The number of nitro groups is 1. The summed E-state index contributed by atoms with van der Waals surface area (Å²) in [6, 6.07) is 6.36. The number of rotatable bonds is 10. The van der Waals surface area contributed by atoms with Crippen molar-refractivity contribution in [1.82, 2.24) is 15.5 Å². The van der Waals surface area contributed by atoms with E-state index in [0.29, 0.717) is 26.1 Å². The number of benzene rings is 1. The van der Waals surface area contributed by atoms with Crippen molar-refractivity contribution < 1.29 is 9.72 Å². The normalized spacial score (nSPS) is 14.5. The molecule has 30 heavy (non-hydrogen) atoms. The van der Waals surface area contributed by atoms with Crippen molar-refractivity contribution in [3.63, 3.8) is 0 Å². The number of nitro benzene ring substituents is 1. The van der Waals surface area contributed by atoms with Crippen LogP contribution in [0.3, 0.4) is 0 Å². The summed E-state index contributed by atoms with van der Waals surface area (Å²) in [5, 5.41) is 20.4. The van der Waals surface area contributed by atoms with E-state index in [0.717, 1.165) is 57.0 Å². The fourth-order valence-corrected chi connectivity index (χ4v) is 3.16. The molecule has 2 rings (SSSR count). The lowest BCUT2D eigenvalue weighted by atomic mass is 10.2. The van der Waals surface area contributed by atoms with Crippen molar-refractivity contribution in [2.45, 2.75) is 39.0 Å². The lowest BCUT2D eigenvalue weighted by Crippen LogP contribution is -2.39. The third-order valence-electron chi connectivity index (χ3n) is 4.70. The molecule has 9 nitrogen and oxygen atoms in total. The van der Waals surface area contributed by atoms with E-state index in [1.165, 1.54) is 12.1 Å². The molecule has 0 unspecified atom stereocenters. The van der Waals surface area contributed by atoms with Gasteiger partial charge in [-0.1, -0.05) is 6.42 Å². The van der Waals surface area contributed by atoms with Crippen molar-refractivity contribution in [2.75, 3.05) is 44.6 Å². The maximum atomic E-state index is 12.0. The highest BCUT2D eigenvalue weighted by atomic mass is 127. The van der Waals surface area contributed by atoms with E-state index < -0.39 is 4.92 Å². The Morgan fingerprint density at radius 2 is 1.93 bits per heavy atom. The Morgan fingerprint density at radius 1 is 1.17 bits per heavy atom. The molecule has 3 N–H and O–H groups in total. The number of hydrogen-bond acceptors (Lipinski definition) is 5. The number of guanidine groups is 1. The molecule has 1 fully saturated rings. The first-order valence-electron chi connectivity index (χ1n) is 10.4. The number of hydrogen-bond donors (Lipinski definition) is 3. The SMILES string of the molecule is CCNC(=NCCCN1CCCCCC1=O)NCCNc1ccc([N+](=O)[O-])cc1.I. The van der Waals surface area contributed by atoms with Crippen LogP contribution in [0.4, 0.5) is 11.4 Å². The fourth-order valence-electron chi connectivity index (χ4n) is 3.16. The van der Waals surface area contributed by atoms with Crippen molar-refractivity contribution in [3.05, 3.63) is 34.4 Å². The molecule has 0 atom stereocenters. The predicted molar refractivity (Wildman–Crippen MR) is 131 cm³/mol. The van der Waals surface area contributed by atoms with Crippen molar-refractivity contribution in [2.24, 2.45) is 4.99 Å². The van der Waals surface area contributed by atoms with E-state index in [2.05, 4.69) is 20.9 Å². The summed E-state index contributed by atoms with van der Waals surface area (Å²) >= 11 is 0. The van der Waals surface area contributed by atoms with Crippen molar-refractivity contribution in [3.8, 4) is 0 Å². The second-order valence-corrected chi connectivity index (χ2v) is 6.96. The molecule has 0 spiro atoms. The number of anilines is 1. The molecule has 0 aromatic heterocycles. The molecule has 1 amide bonds. The van der Waals surface area contributed by atoms with Gasteiger partial charge in [0.15, 0.2) is 5.96 Å². The summed E-state index contributed by atoms with van der Waals surface area (Å²) < 4.78 is 0. The van der Waals surface area contributed by atoms with Crippen molar-refractivity contribution >= 4 is 47.2 Å². The van der Waals surface area contributed by atoms with Gasteiger partial charge in [-0.05, 0) is 38.3 Å². The van der Waals surface area contributed by atoms with Crippen LogP contribution in [-0.2, 0) is 4.79 Å². The number of non-ortho nitro benzene ring substituents is 1. The first kappa shape index (κ1) is 25.9. The van der Waals surface area contributed by atoms with Gasteiger partial charge in [0.25, 0.3) is 5.69 Å². The van der Waals surface area contributed by atoms with E-state index in [4.69, 9.17) is 0 Å².